The summed E-state index contributed by atoms with van der Waals surface area (Å²) in [6.45, 7) is 1.79. The summed E-state index contributed by atoms with van der Waals surface area (Å²) in [5.74, 6) is -2.22. The van der Waals surface area contributed by atoms with Crippen LogP contribution in [0.2, 0.25) is 0 Å². The van der Waals surface area contributed by atoms with Gasteiger partial charge in [-0.05, 0) is 59.3 Å². The molecule has 1 atom stereocenters. The fourth-order valence-electron chi connectivity index (χ4n) is 5.05. The van der Waals surface area contributed by atoms with E-state index in [-0.39, 0.29) is 29.2 Å². The van der Waals surface area contributed by atoms with Crippen LogP contribution in [-0.4, -0.2) is 31.8 Å². The topological polar surface area (TPSA) is 96.6 Å². The van der Waals surface area contributed by atoms with Gasteiger partial charge in [-0.15, -0.1) is 5.10 Å². The summed E-state index contributed by atoms with van der Waals surface area (Å²) in [6, 6.07) is 24.1. The number of pyridine rings is 1. The van der Waals surface area contributed by atoms with E-state index in [2.05, 4.69) is 15.6 Å². The molecule has 0 aliphatic rings. The average molecular weight is 563 g/mol. The van der Waals surface area contributed by atoms with Crippen molar-refractivity contribution in [3.8, 4) is 11.1 Å². The second-order valence-corrected chi connectivity index (χ2v) is 10.0. The van der Waals surface area contributed by atoms with E-state index in [1.54, 1.807) is 61.7 Å². The molecule has 0 unspecified atom stereocenters. The normalized spacial score (nSPS) is 12.0. The Balaban J connectivity index is 1.41. The number of carbonyl (C=O) groups is 2. The molecule has 0 aliphatic heterocycles. The number of aromatic carboxylic acids is 1. The van der Waals surface area contributed by atoms with Crippen LogP contribution in [0.4, 0.5) is 8.78 Å². The molecule has 0 spiro atoms. The summed E-state index contributed by atoms with van der Waals surface area (Å²) in [6.07, 6.45) is 1.79. The number of aromatic nitrogens is 3. The predicted molar refractivity (Wildman–Crippen MR) is 154 cm³/mol. The molecule has 0 aliphatic carbocycles. The highest BCUT2D eigenvalue weighted by atomic mass is 19.1. The largest absolute Gasteiger partial charge is 0.478 e. The maximum absolute atomic E-state index is 15.5. The minimum absolute atomic E-state index is 0.0997. The third kappa shape index (κ3) is 5.08. The maximum Gasteiger partial charge on any atom is 0.335 e. The molecular weight excluding hydrogens is 538 g/mol. The quantitative estimate of drug-likeness (QED) is 0.228. The molecule has 2 aromatic heterocycles. The number of halogens is 2. The summed E-state index contributed by atoms with van der Waals surface area (Å²) in [4.78, 5) is 25.0. The molecule has 2 N–H and O–H groups in total. The van der Waals surface area contributed by atoms with Gasteiger partial charge in [-0.1, -0.05) is 65.9 Å². The van der Waals surface area contributed by atoms with Crippen LogP contribution < -0.4 is 5.32 Å². The lowest BCUT2D eigenvalue weighted by molar-refractivity contribution is 0.0696. The Kier molecular flexibility index (Phi) is 6.92. The lowest BCUT2D eigenvalue weighted by atomic mass is 9.99. The highest BCUT2D eigenvalue weighted by molar-refractivity contribution is 6.02. The van der Waals surface area contributed by atoms with Crippen LogP contribution in [0.25, 0.3) is 27.4 Å². The lowest BCUT2D eigenvalue weighted by Gasteiger charge is -2.16. The van der Waals surface area contributed by atoms with Crippen LogP contribution in [0.5, 0.6) is 0 Å². The van der Waals surface area contributed by atoms with E-state index in [0.29, 0.717) is 38.9 Å². The minimum atomic E-state index is -1.04. The zero-order chi connectivity index (χ0) is 29.4. The van der Waals surface area contributed by atoms with Gasteiger partial charge in [0, 0.05) is 23.6 Å². The Morgan fingerprint density at radius 1 is 0.929 bits per heavy atom. The molecule has 7 nitrogen and oxygen atoms in total. The number of carbonyl (C=O) groups excluding carboxylic acids is 1. The van der Waals surface area contributed by atoms with E-state index >= 15 is 4.39 Å². The standard InChI is InChI=1S/C33H24F2N4O3/c1-19(20-6-9-23(10-7-20)33(41)42)36-32(40)28-16-25(21-12-14-26(34)15-13-21)18-39-31(28)29(37-38-39)17-24-11-8-22-4-2-3-5-27(22)30(24)35/h2-16,18-19H,17H2,1H3,(H,36,40)(H,41,42)/t19-/m0/s1. The number of carboxylic acid groups (broad SMARTS) is 1. The molecule has 208 valence electrons. The van der Waals surface area contributed by atoms with E-state index in [1.807, 2.05) is 18.2 Å². The van der Waals surface area contributed by atoms with Crippen LogP contribution in [-0.2, 0) is 6.42 Å². The first-order valence-corrected chi connectivity index (χ1v) is 13.2. The van der Waals surface area contributed by atoms with E-state index in [1.165, 1.54) is 28.8 Å². The Hall–Kier alpha value is -5.44. The first-order chi connectivity index (χ1) is 20.3. The molecule has 9 heteroatoms. The molecule has 2 heterocycles. The third-order valence-corrected chi connectivity index (χ3v) is 7.31. The van der Waals surface area contributed by atoms with Gasteiger partial charge in [0.05, 0.1) is 22.9 Å². The van der Waals surface area contributed by atoms with Crippen molar-refractivity contribution in [2.45, 2.75) is 19.4 Å². The molecule has 4 aromatic carbocycles. The summed E-state index contributed by atoms with van der Waals surface area (Å²) >= 11 is 0. The monoisotopic (exact) mass is 562 g/mol. The number of amides is 1. The van der Waals surface area contributed by atoms with Crippen molar-refractivity contribution in [2.24, 2.45) is 0 Å². The van der Waals surface area contributed by atoms with E-state index < -0.39 is 17.9 Å². The van der Waals surface area contributed by atoms with Gasteiger partial charge in [0.2, 0.25) is 0 Å². The number of hydrogen-bond donors (Lipinski definition) is 2. The van der Waals surface area contributed by atoms with Gasteiger partial charge in [0.15, 0.2) is 0 Å². The van der Waals surface area contributed by atoms with Crippen molar-refractivity contribution in [3.63, 3.8) is 0 Å². The zero-order valence-corrected chi connectivity index (χ0v) is 22.4. The van der Waals surface area contributed by atoms with Gasteiger partial charge in [-0.3, -0.25) is 4.79 Å². The van der Waals surface area contributed by atoms with Gasteiger partial charge in [-0.2, -0.15) is 0 Å². The molecule has 42 heavy (non-hydrogen) atoms. The minimum Gasteiger partial charge on any atom is -0.478 e. The summed E-state index contributed by atoms with van der Waals surface area (Å²) in [5, 5.41) is 22.0. The highest BCUT2D eigenvalue weighted by Gasteiger charge is 2.22. The van der Waals surface area contributed by atoms with E-state index in [4.69, 9.17) is 0 Å². The Bertz CT molecular complexity index is 1970. The first-order valence-electron chi connectivity index (χ1n) is 13.2. The Morgan fingerprint density at radius 2 is 1.67 bits per heavy atom. The van der Waals surface area contributed by atoms with Gasteiger partial charge >= 0.3 is 5.97 Å². The first kappa shape index (κ1) is 26.8. The van der Waals surface area contributed by atoms with Gasteiger partial charge in [0.25, 0.3) is 5.91 Å². The molecule has 6 rings (SSSR count). The number of carboxylic acids is 1. The van der Waals surface area contributed by atoms with Crippen molar-refractivity contribution < 1.29 is 23.5 Å². The van der Waals surface area contributed by atoms with Crippen LogP contribution in [0.1, 0.15) is 50.5 Å². The van der Waals surface area contributed by atoms with E-state index in [9.17, 15) is 19.1 Å². The van der Waals surface area contributed by atoms with Gasteiger partial charge in [0.1, 0.15) is 17.2 Å². The molecule has 0 radical (unpaired) electrons. The van der Waals surface area contributed by atoms with Crippen LogP contribution in [0, 0.1) is 11.6 Å². The van der Waals surface area contributed by atoms with Crippen LogP contribution in [0.3, 0.4) is 0 Å². The Morgan fingerprint density at radius 3 is 2.40 bits per heavy atom. The van der Waals surface area contributed by atoms with E-state index in [0.717, 1.165) is 5.39 Å². The van der Waals surface area contributed by atoms with Crippen LogP contribution in [0.15, 0.2) is 97.2 Å². The summed E-state index contributed by atoms with van der Waals surface area (Å²) in [7, 11) is 0. The zero-order valence-electron chi connectivity index (χ0n) is 22.4. The fourth-order valence-corrected chi connectivity index (χ4v) is 5.05. The number of nitrogens with one attached hydrogen (secondary N) is 1. The summed E-state index contributed by atoms with van der Waals surface area (Å²) < 4.78 is 30.6. The fraction of sp³-hybridized carbons (Fsp3) is 0.0909. The second kappa shape index (κ2) is 10.9. The molecular formula is C33H24F2N4O3. The smallest absolute Gasteiger partial charge is 0.335 e. The van der Waals surface area contributed by atoms with Crippen LogP contribution >= 0.6 is 0 Å². The average Bonchev–Trinajstić information content (AvgIpc) is 3.41. The van der Waals surface area contributed by atoms with Crippen molar-refractivity contribution in [1.82, 2.24) is 20.1 Å². The molecule has 0 saturated carbocycles. The third-order valence-electron chi connectivity index (χ3n) is 7.31. The highest BCUT2D eigenvalue weighted by Crippen LogP contribution is 2.28. The number of fused-ring (bicyclic) bond motifs is 2. The molecule has 1 amide bonds. The van der Waals surface area contributed by atoms with Gasteiger partial charge in [-0.25, -0.2) is 18.1 Å². The summed E-state index contributed by atoms with van der Waals surface area (Å²) in [5.41, 5.74) is 3.63. The molecule has 0 bridgehead atoms. The van der Waals surface area contributed by atoms with Gasteiger partial charge < -0.3 is 10.4 Å². The number of hydrogen-bond acceptors (Lipinski definition) is 4. The van der Waals surface area contributed by atoms with Crippen molar-refractivity contribution in [2.75, 3.05) is 0 Å². The predicted octanol–water partition coefficient (Wildman–Crippen LogP) is 6.61. The van der Waals surface area contributed by atoms with Crippen molar-refractivity contribution in [1.29, 1.82) is 0 Å². The Labute approximate surface area is 239 Å². The molecule has 0 saturated heterocycles. The van der Waals surface area contributed by atoms with Crippen molar-refractivity contribution >= 4 is 28.2 Å². The number of nitrogens with zero attached hydrogens (tertiary/aromatic N) is 3. The van der Waals surface area contributed by atoms with Crippen molar-refractivity contribution in [3.05, 3.63) is 137 Å². The number of rotatable bonds is 7. The molecule has 6 aromatic rings. The number of benzene rings is 4. The maximum atomic E-state index is 15.5. The molecule has 0 fully saturated rings. The SMILES string of the molecule is C[C@H](NC(=O)c1cc(-c2ccc(F)cc2)cn2nnc(Cc3ccc4ccccc4c3F)c12)c1ccc(C(=O)O)cc1. The second-order valence-electron chi connectivity index (χ2n) is 10.0. The lowest BCUT2D eigenvalue weighted by Crippen LogP contribution is -2.27.